The van der Waals surface area contributed by atoms with E-state index >= 15 is 0 Å². The highest BCUT2D eigenvalue weighted by molar-refractivity contribution is 8.45. The molecule has 7 nitrogen and oxygen atoms in total. The lowest BCUT2D eigenvalue weighted by Gasteiger charge is -2.19. The van der Waals surface area contributed by atoms with Gasteiger partial charge in [-0.2, -0.15) is 0 Å². The Bertz CT molecular complexity index is 764. The number of thioether (sulfide) groups is 2. The van der Waals surface area contributed by atoms with Gasteiger partial charge in [0.05, 0.1) is 10.7 Å². The van der Waals surface area contributed by atoms with Crippen molar-refractivity contribution < 1.29 is 19.2 Å². The van der Waals surface area contributed by atoms with Gasteiger partial charge in [-0.15, -0.1) is 0 Å². The minimum Gasteiger partial charge on any atom is -0.459 e. The van der Waals surface area contributed by atoms with E-state index < -0.39 is 10.5 Å². The van der Waals surface area contributed by atoms with Gasteiger partial charge in [-0.3, -0.25) is 19.7 Å². The third-order valence-corrected chi connectivity index (χ3v) is 4.72. The van der Waals surface area contributed by atoms with Crippen LogP contribution in [-0.4, -0.2) is 31.7 Å². The van der Waals surface area contributed by atoms with Crippen LogP contribution in [0.1, 0.15) is 26.3 Å². The number of non-ortho nitro benzene ring substituents is 1. The van der Waals surface area contributed by atoms with Crippen LogP contribution < -0.4 is 0 Å². The monoisotopic (exact) mass is 380 g/mol. The number of nitro groups is 1. The molecule has 9 heteroatoms. The van der Waals surface area contributed by atoms with Crippen molar-refractivity contribution in [3.8, 4) is 0 Å². The summed E-state index contributed by atoms with van der Waals surface area (Å²) < 4.78 is 5.67. The van der Waals surface area contributed by atoms with E-state index in [-0.39, 0.29) is 28.2 Å². The fourth-order valence-electron chi connectivity index (χ4n) is 1.79. The Morgan fingerprint density at radius 1 is 1.36 bits per heavy atom. The Hall–Kier alpha value is -2.13. The third kappa shape index (κ3) is 6.02. The van der Waals surface area contributed by atoms with Crippen molar-refractivity contribution in [2.24, 2.45) is 4.99 Å². The predicted molar refractivity (Wildman–Crippen MR) is 99.4 cm³/mol. The molecule has 0 aliphatic carbocycles. The van der Waals surface area contributed by atoms with Gasteiger partial charge in [-0.1, -0.05) is 11.8 Å². The third-order valence-electron chi connectivity index (χ3n) is 2.74. The Morgan fingerprint density at radius 3 is 2.56 bits per heavy atom. The van der Waals surface area contributed by atoms with Crippen LogP contribution in [0.5, 0.6) is 0 Å². The van der Waals surface area contributed by atoms with Crippen molar-refractivity contribution >= 4 is 50.7 Å². The van der Waals surface area contributed by atoms with Crippen LogP contribution in [0.3, 0.4) is 0 Å². The van der Waals surface area contributed by atoms with Crippen molar-refractivity contribution in [3.63, 3.8) is 0 Å². The predicted octanol–water partition coefficient (Wildman–Crippen LogP) is 3.64. The van der Waals surface area contributed by atoms with Crippen LogP contribution in [-0.2, 0) is 14.3 Å². The average molecular weight is 380 g/mol. The molecule has 0 saturated heterocycles. The molecule has 1 aromatic rings. The summed E-state index contributed by atoms with van der Waals surface area (Å²) in [6.45, 7) is 5.35. The Morgan fingerprint density at radius 2 is 2.00 bits per heavy atom. The lowest BCUT2D eigenvalue weighted by Crippen LogP contribution is -2.25. The summed E-state index contributed by atoms with van der Waals surface area (Å²) in [7, 11) is 0. The zero-order chi connectivity index (χ0) is 18.6. The van der Waals surface area contributed by atoms with Gasteiger partial charge in [0.25, 0.3) is 5.69 Å². The maximum Gasteiger partial charge on any atom is 0.316 e. The number of nitrogens with zero attached hydrogens (tertiary/aromatic N) is 2. The largest absolute Gasteiger partial charge is 0.459 e. The molecular weight excluding hydrogens is 364 g/mol. The van der Waals surface area contributed by atoms with Crippen LogP contribution in [0.2, 0.25) is 0 Å². The summed E-state index contributed by atoms with van der Waals surface area (Å²) in [6, 6.07) is 5.82. The van der Waals surface area contributed by atoms with Gasteiger partial charge >= 0.3 is 5.97 Å². The fraction of sp³-hybridized carbons (Fsp3) is 0.312. The highest BCUT2D eigenvalue weighted by atomic mass is 32.2. The molecule has 1 heterocycles. The van der Waals surface area contributed by atoms with E-state index in [4.69, 9.17) is 4.74 Å². The summed E-state index contributed by atoms with van der Waals surface area (Å²) in [5, 5.41) is 10.4. The number of hydrogen-bond acceptors (Lipinski definition) is 8. The first-order valence-corrected chi connectivity index (χ1v) is 9.06. The lowest BCUT2D eigenvalue weighted by atomic mass is 10.2. The summed E-state index contributed by atoms with van der Waals surface area (Å²) in [5.41, 5.74) is 0.299. The fourth-order valence-corrected chi connectivity index (χ4v) is 3.41. The highest BCUT2D eigenvalue weighted by Gasteiger charge is 2.24. The minimum atomic E-state index is -0.556. The normalized spacial score (nSPS) is 16.0. The Labute approximate surface area is 153 Å². The van der Waals surface area contributed by atoms with Crippen LogP contribution in [0.4, 0.5) is 5.69 Å². The molecule has 0 unspecified atom stereocenters. The number of carbonyl (C=O) groups excluding carboxylic acids is 2. The molecule has 0 bridgehead atoms. The maximum atomic E-state index is 12.0. The van der Waals surface area contributed by atoms with E-state index in [1.54, 1.807) is 39.0 Å². The highest BCUT2D eigenvalue weighted by Crippen LogP contribution is 2.31. The maximum absolute atomic E-state index is 12.0. The summed E-state index contributed by atoms with van der Waals surface area (Å²) in [4.78, 5) is 38.0. The van der Waals surface area contributed by atoms with Crippen molar-refractivity contribution in [2.75, 3.05) is 5.75 Å². The second kappa shape index (κ2) is 7.83. The van der Waals surface area contributed by atoms with Gasteiger partial charge in [0.2, 0.25) is 5.12 Å². The standard InChI is InChI=1S/C16H16N2O5S2/c1-16(2,3)23-13(19)9-24-15-17-12(14(20)25-15)8-10-4-6-11(7-5-10)18(21)22/h4-8H,9H2,1-3H3. The summed E-state index contributed by atoms with van der Waals surface area (Å²) in [6.07, 6.45) is 1.56. The van der Waals surface area contributed by atoms with Crippen molar-refractivity contribution in [2.45, 2.75) is 26.4 Å². The number of rotatable bonds is 4. The van der Waals surface area contributed by atoms with Gasteiger partial charge < -0.3 is 4.74 Å². The molecule has 2 rings (SSSR count). The number of hydrogen-bond donors (Lipinski definition) is 0. The first-order chi connectivity index (χ1) is 11.6. The molecule has 0 atom stereocenters. The smallest absolute Gasteiger partial charge is 0.316 e. The lowest BCUT2D eigenvalue weighted by molar-refractivity contribution is -0.384. The molecule has 0 amide bonds. The van der Waals surface area contributed by atoms with Crippen LogP contribution >= 0.6 is 23.5 Å². The molecular formula is C16H16N2O5S2. The van der Waals surface area contributed by atoms with E-state index in [0.717, 1.165) is 23.5 Å². The molecule has 0 saturated carbocycles. The van der Waals surface area contributed by atoms with Crippen LogP contribution in [0.15, 0.2) is 35.0 Å². The molecule has 25 heavy (non-hydrogen) atoms. The van der Waals surface area contributed by atoms with E-state index in [1.807, 2.05) is 0 Å². The van der Waals surface area contributed by atoms with E-state index in [0.29, 0.717) is 9.94 Å². The topological polar surface area (TPSA) is 98.9 Å². The van der Waals surface area contributed by atoms with Gasteiger partial charge in [0.15, 0.2) is 0 Å². The van der Waals surface area contributed by atoms with Crippen molar-refractivity contribution in [1.82, 2.24) is 0 Å². The molecule has 1 aliphatic heterocycles. The zero-order valence-electron chi connectivity index (χ0n) is 13.8. The number of benzene rings is 1. The number of aliphatic imine (C=N–C) groups is 1. The van der Waals surface area contributed by atoms with Crippen LogP contribution in [0.25, 0.3) is 6.08 Å². The first-order valence-electron chi connectivity index (χ1n) is 7.26. The van der Waals surface area contributed by atoms with Gasteiger partial charge in [0, 0.05) is 12.1 Å². The SMILES string of the molecule is CC(C)(C)OC(=O)CSC1=NC(=Cc2ccc([N+](=O)[O-])cc2)C(=O)S1. The molecule has 1 aliphatic rings. The van der Waals surface area contributed by atoms with Gasteiger partial charge in [0.1, 0.15) is 15.7 Å². The summed E-state index contributed by atoms with van der Waals surface area (Å²) in [5.74, 6) is -0.303. The first kappa shape index (κ1) is 19.2. The molecule has 0 aromatic heterocycles. The number of esters is 1. The van der Waals surface area contributed by atoms with Gasteiger partial charge in [-0.25, -0.2) is 4.99 Å². The van der Waals surface area contributed by atoms with Crippen molar-refractivity contribution in [3.05, 3.63) is 45.6 Å². The average Bonchev–Trinajstić information content (AvgIpc) is 2.84. The molecule has 1 aromatic carbocycles. The quantitative estimate of drug-likeness (QED) is 0.340. The second-order valence-corrected chi connectivity index (χ2v) is 8.20. The summed E-state index contributed by atoms with van der Waals surface area (Å²) >= 11 is 2.10. The number of carbonyl (C=O) groups is 2. The number of nitro benzene ring substituents is 1. The zero-order valence-corrected chi connectivity index (χ0v) is 15.5. The minimum absolute atomic E-state index is 0.0219. The van der Waals surface area contributed by atoms with Crippen LogP contribution in [0, 0.1) is 10.1 Å². The number of ether oxygens (including phenoxy) is 1. The Balaban J connectivity index is 2.01. The van der Waals surface area contributed by atoms with Crippen molar-refractivity contribution in [1.29, 1.82) is 0 Å². The molecule has 0 spiro atoms. The molecule has 0 N–H and O–H groups in total. The van der Waals surface area contributed by atoms with E-state index in [2.05, 4.69) is 4.99 Å². The Kier molecular flexibility index (Phi) is 6.02. The second-order valence-electron chi connectivity index (χ2n) is 6.02. The molecule has 0 radical (unpaired) electrons. The van der Waals surface area contributed by atoms with Gasteiger partial charge in [-0.05, 0) is 56.3 Å². The van der Waals surface area contributed by atoms with E-state index in [1.165, 1.54) is 12.1 Å². The molecule has 132 valence electrons. The van der Waals surface area contributed by atoms with E-state index in [9.17, 15) is 19.7 Å². The molecule has 0 fully saturated rings.